The Morgan fingerprint density at radius 1 is 1.35 bits per heavy atom. The summed E-state index contributed by atoms with van der Waals surface area (Å²) < 4.78 is 13.3. The van der Waals surface area contributed by atoms with E-state index >= 15 is 0 Å². The smallest absolute Gasteiger partial charge is 0.335 e. The van der Waals surface area contributed by atoms with Crippen molar-refractivity contribution >= 4 is 5.97 Å². The van der Waals surface area contributed by atoms with Gasteiger partial charge >= 0.3 is 5.97 Å². The Bertz CT molecular complexity index is 958. The highest BCUT2D eigenvalue weighted by Gasteiger charge is 2.20. The number of halogens is 1. The molecule has 0 spiro atoms. The number of pyridine rings is 1. The normalized spacial score (nSPS) is 16.0. The number of aromatic carboxylic acids is 1. The molecule has 0 amide bonds. The first-order valence-corrected chi connectivity index (χ1v) is 8.33. The van der Waals surface area contributed by atoms with Crippen LogP contribution in [0, 0.1) is 0 Å². The van der Waals surface area contributed by atoms with E-state index < -0.39 is 5.97 Å². The first kappa shape index (κ1) is 16.3. The van der Waals surface area contributed by atoms with Gasteiger partial charge in [0, 0.05) is 31.9 Å². The molecule has 0 fully saturated rings. The molecule has 2 aromatic rings. The lowest BCUT2D eigenvalue weighted by Crippen LogP contribution is -2.18. The van der Waals surface area contributed by atoms with Crippen LogP contribution in [0.3, 0.4) is 0 Å². The number of aromatic amines is 1. The van der Waals surface area contributed by atoms with Gasteiger partial charge in [-0.3, -0.25) is 4.98 Å². The fourth-order valence-corrected chi connectivity index (χ4v) is 3.15. The number of fused-ring (bicyclic) bond motifs is 1. The standard InChI is InChI=1S/C19H17FN4O2/c20-15-2-1-13-10-24(11-14(13)7-15)6-4-18-22-9-17(23-18)16-8-12(19(25)26)3-5-21-16/h2-3,5,7-10H,1,4,6,11H2,(H,22,23)(H,25,26). The fourth-order valence-electron chi connectivity index (χ4n) is 3.15. The Morgan fingerprint density at radius 2 is 2.23 bits per heavy atom. The minimum absolute atomic E-state index is 0.161. The third-order valence-corrected chi connectivity index (χ3v) is 4.50. The van der Waals surface area contributed by atoms with Crippen LogP contribution in [0.2, 0.25) is 0 Å². The maximum absolute atomic E-state index is 13.3. The predicted octanol–water partition coefficient (Wildman–Crippen LogP) is 3.10. The number of allylic oxidation sites excluding steroid dienone is 3. The van der Waals surface area contributed by atoms with Crippen molar-refractivity contribution < 1.29 is 14.3 Å². The van der Waals surface area contributed by atoms with Gasteiger partial charge < -0.3 is 15.0 Å². The zero-order valence-electron chi connectivity index (χ0n) is 13.9. The van der Waals surface area contributed by atoms with Gasteiger partial charge in [0.05, 0.1) is 23.1 Å². The Balaban J connectivity index is 1.41. The molecule has 1 aliphatic heterocycles. The van der Waals surface area contributed by atoms with E-state index in [1.807, 2.05) is 0 Å². The Morgan fingerprint density at radius 3 is 3.08 bits per heavy atom. The van der Waals surface area contributed by atoms with Crippen LogP contribution >= 0.6 is 0 Å². The zero-order valence-corrected chi connectivity index (χ0v) is 13.9. The average molecular weight is 352 g/mol. The fraction of sp³-hybridized carbons (Fsp3) is 0.211. The van der Waals surface area contributed by atoms with E-state index in [0.717, 1.165) is 17.9 Å². The van der Waals surface area contributed by atoms with Crippen molar-refractivity contribution in [2.24, 2.45) is 0 Å². The summed E-state index contributed by atoms with van der Waals surface area (Å²) in [6.45, 7) is 1.48. The number of imidazole rings is 1. The van der Waals surface area contributed by atoms with Gasteiger partial charge in [-0.15, -0.1) is 0 Å². The molecule has 26 heavy (non-hydrogen) atoms. The van der Waals surface area contributed by atoms with Gasteiger partial charge in [-0.1, -0.05) is 0 Å². The van der Waals surface area contributed by atoms with E-state index in [2.05, 4.69) is 26.1 Å². The second kappa shape index (κ2) is 6.59. The predicted molar refractivity (Wildman–Crippen MR) is 94.0 cm³/mol. The van der Waals surface area contributed by atoms with E-state index in [1.165, 1.54) is 23.9 Å². The summed E-state index contributed by atoms with van der Waals surface area (Å²) in [7, 11) is 0. The van der Waals surface area contributed by atoms with E-state index in [9.17, 15) is 9.18 Å². The van der Waals surface area contributed by atoms with Crippen LogP contribution in [-0.4, -0.2) is 44.0 Å². The molecule has 0 atom stereocenters. The Kier molecular flexibility index (Phi) is 4.12. The molecule has 2 aromatic heterocycles. The van der Waals surface area contributed by atoms with Gasteiger partial charge in [0.2, 0.25) is 0 Å². The number of aromatic nitrogens is 3. The second-order valence-corrected chi connectivity index (χ2v) is 6.32. The second-order valence-electron chi connectivity index (χ2n) is 6.32. The number of carboxylic acid groups (broad SMARTS) is 1. The number of nitrogens with zero attached hydrogens (tertiary/aromatic N) is 3. The molecule has 0 saturated heterocycles. The van der Waals surface area contributed by atoms with Crippen molar-refractivity contribution in [2.45, 2.75) is 12.8 Å². The number of carboxylic acids is 1. The molecule has 0 aromatic carbocycles. The van der Waals surface area contributed by atoms with E-state index in [1.54, 1.807) is 18.3 Å². The first-order chi connectivity index (χ1) is 12.6. The molecule has 2 N–H and O–H groups in total. The molecule has 2 aliphatic rings. The molecule has 3 heterocycles. The minimum Gasteiger partial charge on any atom is -0.478 e. The lowest BCUT2D eigenvalue weighted by atomic mass is 10.0. The molecule has 1 aliphatic carbocycles. The third-order valence-electron chi connectivity index (χ3n) is 4.50. The van der Waals surface area contributed by atoms with Crippen molar-refractivity contribution in [3.63, 3.8) is 0 Å². The van der Waals surface area contributed by atoms with Crippen LogP contribution < -0.4 is 0 Å². The monoisotopic (exact) mass is 352 g/mol. The maximum atomic E-state index is 13.3. The molecule has 7 heteroatoms. The topological polar surface area (TPSA) is 82.1 Å². The molecule has 6 nitrogen and oxygen atoms in total. The minimum atomic E-state index is -0.989. The number of nitrogens with one attached hydrogen (secondary N) is 1. The molecular formula is C19H17FN4O2. The number of carbonyl (C=O) groups is 1. The van der Waals surface area contributed by atoms with E-state index in [4.69, 9.17) is 5.11 Å². The zero-order chi connectivity index (χ0) is 18.1. The Hall–Kier alpha value is -3.22. The number of hydrogen-bond acceptors (Lipinski definition) is 4. The summed E-state index contributed by atoms with van der Waals surface area (Å²) in [5, 5.41) is 9.07. The Labute approximate surface area is 149 Å². The van der Waals surface area contributed by atoms with Crippen molar-refractivity contribution in [1.82, 2.24) is 19.9 Å². The molecular weight excluding hydrogens is 335 g/mol. The van der Waals surface area contributed by atoms with Crippen LogP contribution in [0.4, 0.5) is 4.39 Å². The van der Waals surface area contributed by atoms with Crippen LogP contribution in [0.1, 0.15) is 22.6 Å². The van der Waals surface area contributed by atoms with Gasteiger partial charge in [0.1, 0.15) is 11.7 Å². The highest BCUT2D eigenvalue weighted by atomic mass is 19.1. The van der Waals surface area contributed by atoms with Crippen LogP contribution in [0.15, 0.2) is 59.9 Å². The van der Waals surface area contributed by atoms with Gasteiger partial charge in [-0.25, -0.2) is 14.2 Å². The molecule has 0 bridgehead atoms. The quantitative estimate of drug-likeness (QED) is 0.864. The van der Waals surface area contributed by atoms with Gasteiger partial charge in [-0.2, -0.15) is 0 Å². The van der Waals surface area contributed by atoms with Gasteiger partial charge in [0.15, 0.2) is 0 Å². The van der Waals surface area contributed by atoms with Crippen molar-refractivity contribution in [3.05, 3.63) is 71.2 Å². The largest absolute Gasteiger partial charge is 0.478 e. The third kappa shape index (κ3) is 3.28. The highest BCUT2D eigenvalue weighted by molar-refractivity contribution is 5.88. The summed E-state index contributed by atoms with van der Waals surface area (Å²) in [5.41, 5.74) is 3.63. The van der Waals surface area contributed by atoms with Gasteiger partial charge in [0.25, 0.3) is 0 Å². The summed E-state index contributed by atoms with van der Waals surface area (Å²) in [6, 6.07) is 2.97. The number of hydrogen-bond donors (Lipinski definition) is 2. The lowest BCUT2D eigenvalue weighted by molar-refractivity contribution is 0.0697. The summed E-state index contributed by atoms with van der Waals surface area (Å²) >= 11 is 0. The molecule has 132 valence electrons. The SMILES string of the molecule is O=C(O)c1ccnc(-c2cnc(CCN3C=C4CC=C(F)C=C4C3)[nH]2)c1. The van der Waals surface area contributed by atoms with E-state index in [-0.39, 0.29) is 11.4 Å². The van der Waals surface area contributed by atoms with Crippen molar-refractivity contribution in [2.75, 3.05) is 13.1 Å². The molecule has 0 saturated carbocycles. The number of rotatable bonds is 5. The average Bonchev–Trinajstić information content (AvgIpc) is 3.26. The maximum Gasteiger partial charge on any atom is 0.335 e. The van der Waals surface area contributed by atoms with Gasteiger partial charge in [-0.05, 0) is 41.9 Å². The van der Waals surface area contributed by atoms with Crippen LogP contribution in [-0.2, 0) is 6.42 Å². The molecule has 0 radical (unpaired) electrons. The first-order valence-electron chi connectivity index (χ1n) is 8.33. The highest BCUT2D eigenvalue weighted by Crippen LogP contribution is 2.30. The van der Waals surface area contributed by atoms with Crippen molar-refractivity contribution in [1.29, 1.82) is 0 Å². The van der Waals surface area contributed by atoms with Crippen LogP contribution in [0.25, 0.3) is 11.4 Å². The lowest BCUT2D eigenvalue weighted by Gasteiger charge is -2.14. The van der Waals surface area contributed by atoms with Crippen molar-refractivity contribution in [3.8, 4) is 11.4 Å². The van der Waals surface area contributed by atoms with Crippen LogP contribution in [0.5, 0.6) is 0 Å². The summed E-state index contributed by atoms with van der Waals surface area (Å²) in [5.74, 6) is -0.350. The molecule has 4 rings (SSSR count). The summed E-state index contributed by atoms with van der Waals surface area (Å²) in [6.07, 6.45) is 9.75. The number of H-pyrrole nitrogens is 1. The summed E-state index contributed by atoms with van der Waals surface area (Å²) in [4.78, 5) is 25.0. The molecule has 0 unspecified atom stereocenters. The van der Waals surface area contributed by atoms with E-state index in [0.29, 0.717) is 30.8 Å².